The Labute approximate surface area is 247 Å². The number of benzene rings is 1. The van der Waals surface area contributed by atoms with E-state index < -0.39 is 0 Å². The second-order valence-corrected chi connectivity index (χ2v) is 11.4. The zero-order valence-electron chi connectivity index (χ0n) is 25.0. The number of nitrogens with one attached hydrogen (secondary N) is 1. The van der Waals surface area contributed by atoms with E-state index in [1.807, 2.05) is 6.08 Å². The lowest BCUT2D eigenvalue weighted by Gasteiger charge is -2.26. The van der Waals surface area contributed by atoms with Gasteiger partial charge in [0.1, 0.15) is 32.8 Å². The summed E-state index contributed by atoms with van der Waals surface area (Å²) in [5, 5.41) is 7.29. The maximum atomic E-state index is 7.29. The minimum atomic E-state index is 0.480. The third-order valence-electron chi connectivity index (χ3n) is 8.23. The topological polar surface area (TPSA) is 77.6 Å². The summed E-state index contributed by atoms with van der Waals surface area (Å²) in [7, 11) is 0. The number of ether oxygens (including phenoxy) is 2. The Morgan fingerprint density at radius 3 is 2.51 bits per heavy atom. The molecule has 0 spiro atoms. The lowest BCUT2D eigenvalue weighted by molar-refractivity contribution is -0.539. The van der Waals surface area contributed by atoms with Gasteiger partial charge in [-0.2, -0.15) is 0 Å². The third-order valence-corrected chi connectivity index (χ3v) is 8.23. The molecule has 3 aliphatic heterocycles. The molecule has 7 nitrogen and oxygen atoms in total. The van der Waals surface area contributed by atoms with Crippen LogP contribution in [0.2, 0.25) is 0 Å². The molecular weight excluding hydrogens is 510 g/mol. The second kappa shape index (κ2) is 16.9. The van der Waals surface area contributed by atoms with Crippen LogP contribution < -0.4 is 5.73 Å². The van der Waals surface area contributed by atoms with Crippen LogP contribution in [-0.2, 0) is 29.2 Å². The first-order valence-corrected chi connectivity index (χ1v) is 15.7. The van der Waals surface area contributed by atoms with Crippen LogP contribution in [0.1, 0.15) is 80.9 Å². The van der Waals surface area contributed by atoms with Crippen molar-refractivity contribution in [1.82, 2.24) is 4.90 Å². The number of hydrogen-bond donors (Lipinski definition) is 2. The number of hydrogen-bond acceptors (Lipinski definition) is 5. The third kappa shape index (κ3) is 9.70. The summed E-state index contributed by atoms with van der Waals surface area (Å²) in [6.07, 6.45) is 20.2. The maximum absolute atomic E-state index is 7.29. The van der Waals surface area contributed by atoms with Crippen LogP contribution in [-0.4, -0.2) is 71.3 Å². The van der Waals surface area contributed by atoms with E-state index in [1.165, 1.54) is 87.6 Å². The Kier molecular flexibility index (Phi) is 12.7. The van der Waals surface area contributed by atoms with Crippen LogP contribution in [0.25, 0.3) is 0 Å². The van der Waals surface area contributed by atoms with Gasteiger partial charge in [-0.05, 0) is 91.3 Å². The van der Waals surface area contributed by atoms with E-state index in [4.69, 9.17) is 20.6 Å². The quantitative estimate of drug-likeness (QED) is 0.144. The number of nitrogens with zero attached hydrogens (tertiary/aromatic N) is 3. The molecule has 7 heteroatoms. The van der Waals surface area contributed by atoms with E-state index in [-0.39, 0.29) is 0 Å². The number of nitrogens with two attached hydrogens (primary N) is 1. The zero-order chi connectivity index (χ0) is 28.7. The highest BCUT2D eigenvalue weighted by Gasteiger charge is 2.29. The molecule has 0 saturated heterocycles. The van der Waals surface area contributed by atoms with Gasteiger partial charge in [0.2, 0.25) is 5.84 Å². The standard InChI is InChI=1S/C34H51N5O2/c1-2-29(13-16-36)14-22-40-27-31-23-30(26-39-21-10-20-37-17-7-3-5-11-33(37)39)24-32(25-31)28-41-34-12-6-4-8-18-38(34)19-9-15-35/h2,13-14,16,22-25,36H,1,3-12,15,17-21,26-28,35H2/q+2/b22-14-,29-13-,36-16?. The van der Waals surface area contributed by atoms with Gasteiger partial charge in [-0.15, -0.1) is 0 Å². The lowest BCUT2D eigenvalue weighted by Crippen LogP contribution is -2.43. The molecule has 0 bridgehead atoms. The Hall–Kier alpha value is -3.19. The van der Waals surface area contributed by atoms with E-state index in [0.29, 0.717) is 19.8 Å². The molecule has 0 saturated carbocycles. The van der Waals surface area contributed by atoms with Crippen LogP contribution in [0.15, 0.2) is 54.8 Å². The molecule has 222 valence electrons. The summed E-state index contributed by atoms with van der Waals surface area (Å²) in [5.74, 6) is 2.66. The van der Waals surface area contributed by atoms with Crippen LogP contribution in [0.4, 0.5) is 0 Å². The minimum Gasteiger partial charge on any atom is -0.496 e. The van der Waals surface area contributed by atoms with Crippen LogP contribution in [0.5, 0.6) is 0 Å². The smallest absolute Gasteiger partial charge is 0.336 e. The molecule has 0 radical (unpaired) electrons. The van der Waals surface area contributed by atoms with Gasteiger partial charge in [-0.25, -0.2) is 4.58 Å². The molecule has 3 N–H and O–H groups in total. The van der Waals surface area contributed by atoms with Gasteiger partial charge >= 0.3 is 5.90 Å². The SMILES string of the molecule is C=CC(/C=C\OCc1cc(COC2=[N+](CCCN)CCCCC2)cc(CN2CCC[N+]3=C2CCCCC3)c1)=C/C=N. The van der Waals surface area contributed by atoms with Crippen molar-refractivity contribution in [3.8, 4) is 0 Å². The van der Waals surface area contributed by atoms with Crippen molar-refractivity contribution in [3.05, 3.63) is 71.5 Å². The highest BCUT2D eigenvalue weighted by molar-refractivity contribution is 5.78. The van der Waals surface area contributed by atoms with Crippen molar-refractivity contribution in [1.29, 1.82) is 5.41 Å². The summed E-state index contributed by atoms with van der Waals surface area (Å²) < 4.78 is 17.5. The molecule has 0 aliphatic carbocycles. The lowest BCUT2D eigenvalue weighted by atomic mass is 10.0. The number of rotatable bonds is 13. The van der Waals surface area contributed by atoms with E-state index >= 15 is 0 Å². The van der Waals surface area contributed by atoms with Gasteiger partial charge < -0.3 is 20.6 Å². The monoisotopic (exact) mass is 561 g/mol. The van der Waals surface area contributed by atoms with Gasteiger partial charge in [0.05, 0.1) is 32.3 Å². The average Bonchev–Trinajstić information content (AvgIpc) is 3.37. The molecular formula is C34H51N5O2+2. The number of amidine groups is 1. The van der Waals surface area contributed by atoms with Gasteiger partial charge in [-0.1, -0.05) is 12.7 Å². The first kappa shape index (κ1) is 30.8. The average molecular weight is 562 g/mol. The molecule has 4 rings (SSSR count). The molecule has 1 aromatic carbocycles. The predicted molar refractivity (Wildman–Crippen MR) is 168 cm³/mol. The van der Waals surface area contributed by atoms with Gasteiger partial charge in [0, 0.05) is 31.9 Å². The molecule has 3 heterocycles. The van der Waals surface area contributed by atoms with Crippen LogP contribution >= 0.6 is 0 Å². The fraction of sp³-hybridized carbons (Fsp3) is 0.559. The van der Waals surface area contributed by atoms with Crippen molar-refractivity contribution in [2.24, 2.45) is 5.73 Å². The molecule has 1 aromatic rings. The van der Waals surface area contributed by atoms with E-state index in [9.17, 15) is 0 Å². The molecule has 41 heavy (non-hydrogen) atoms. The van der Waals surface area contributed by atoms with Crippen molar-refractivity contribution < 1.29 is 18.6 Å². The normalized spacial score (nSPS) is 18.7. The van der Waals surface area contributed by atoms with Crippen molar-refractivity contribution in [3.63, 3.8) is 0 Å². The summed E-state index contributed by atoms with van der Waals surface area (Å²) in [5.41, 5.74) is 10.3. The minimum absolute atomic E-state index is 0.480. The van der Waals surface area contributed by atoms with Crippen LogP contribution in [0.3, 0.4) is 0 Å². The Bertz CT molecular complexity index is 1150. The second-order valence-electron chi connectivity index (χ2n) is 11.4. The van der Waals surface area contributed by atoms with Crippen molar-refractivity contribution >= 4 is 17.9 Å². The van der Waals surface area contributed by atoms with E-state index in [1.54, 1.807) is 18.4 Å². The first-order chi connectivity index (χ1) is 20.2. The van der Waals surface area contributed by atoms with E-state index in [0.717, 1.165) is 56.1 Å². The molecule has 0 unspecified atom stereocenters. The summed E-state index contributed by atoms with van der Waals surface area (Å²) in [6.45, 7) is 12.0. The largest absolute Gasteiger partial charge is 0.496 e. The predicted octanol–water partition coefficient (Wildman–Crippen LogP) is 5.52. The molecule has 0 aromatic heterocycles. The van der Waals surface area contributed by atoms with Crippen LogP contribution in [0, 0.1) is 5.41 Å². The van der Waals surface area contributed by atoms with Gasteiger partial charge in [0.15, 0.2) is 0 Å². The molecule has 3 aliphatic rings. The Balaban J connectivity index is 1.53. The fourth-order valence-corrected chi connectivity index (χ4v) is 6.16. The molecule has 0 amide bonds. The highest BCUT2D eigenvalue weighted by atomic mass is 16.5. The number of allylic oxidation sites excluding steroid dienone is 4. The van der Waals surface area contributed by atoms with Gasteiger partial charge in [-0.3, -0.25) is 9.48 Å². The van der Waals surface area contributed by atoms with Crippen molar-refractivity contribution in [2.75, 3.05) is 39.3 Å². The highest BCUT2D eigenvalue weighted by Crippen LogP contribution is 2.21. The van der Waals surface area contributed by atoms with Gasteiger partial charge in [0.25, 0.3) is 0 Å². The summed E-state index contributed by atoms with van der Waals surface area (Å²) in [4.78, 5) is 2.62. The summed E-state index contributed by atoms with van der Waals surface area (Å²) >= 11 is 0. The zero-order valence-corrected chi connectivity index (χ0v) is 25.0. The Morgan fingerprint density at radius 1 is 0.951 bits per heavy atom. The van der Waals surface area contributed by atoms with E-state index in [2.05, 4.69) is 38.8 Å². The fourth-order valence-electron chi connectivity index (χ4n) is 6.16. The van der Waals surface area contributed by atoms with Crippen molar-refractivity contribution in [2.45, 2.75) is 84.0 Å². The Morgan fingerprint density at radius 2 is 1.71 bits per heavy atom. The first-order valence-electron chi connectivity index (χ1n) is 15.7. The summed E-state index contributed by atoms with van der Waals surface area (Å²) in [6, 6.07) is 6.85. The molecule has 0 fully saturated rings. The molecule has 0 atom stereocenters. The maximum Gasteiger partial charge on any atom is 0.336 e.